The van der Waals surface area contributed by atoms with Crippen LogP contribution in [0.4, 0.5) is 5.69 Å². The zero-order chi connectivity index (χ0) is 15.4. The Hall–Kier alpha value is -2.40. The maximum atomic E-state index is 12.1. The third-order valence-electron chi connectivity index (χ3n) is 2.98. The second-order valence-corrected chi connectivity index (χ2v) is 5.85. The largest absolute Gasteiger partial charge is 0.478 e. The Kier molecular flexibility index (Phi) is 4.55. The molecule has 4 nitrogen and oxygen atoms in total. The van der Waals surface area contributed by atoms with Crippen molar-refractivity contribution in [2.45, 2.75) is 6.92 Å². The lowest BCUT2D eigenvalue weighted by atomic mass is 10.2. The number of anilines is 1. The van der Waals surface area contributed by atoms with E-state index < -0.39 is 5.97 Å². The van der Waals surface area contributed by atoms with Gasteiger partial charge < -0.3 is 10.0 Å². The minimum absolute atomic E-state index is 0.163. The van der Waals surface area contributed by atoms with Gasteiger partial charge in [-0.1, -0.05) is 0 Å². The van der Waals surface area contributed by atoms with Crippen LogP contribution in [0.5, 0.6) is 0 Å². The van der Waals surface area contributed by atoms with Gasteiger partial charge in [-0.2, -0.15) is 0 Å². The lowest BCUT2D eigenvalue weighted by molar-refractivity contribution is -0.113. The lowest BCUT2D eigenvalue weighted by Crippen LogP contribution is -2.23. The van der Waals surface area contributed by atoms with E-state index in [1.165, 1.54) is 28.0 Å². The summed E-state index contributed by atoms with van der Waals surface area (Å²) in [5.41, 5.74) is 0.848. The third kappa shape index (κ3) is 3.79. The van der Waals surface area contributed by atoms with Crippen molar-refractivity contribution in [1.82, 2.24) is 0 Å². The van der Waals surface area contributed by atoms with Gasteiger partial charge in [0.15, 0.2) is 0 Å². The number of rotatable bonds is 4. The Balaban J connectivity index is 2.08. The van der Waals surface area contributed by atoms with Crippen LogP contribution in [0.2, 0.25) is 0 Å². The highest BCUT2D eigenvalue weighted by Crippen LogP contribution is 2.18. The van der Waals surface area contributed by atoms with E-state index in [2.05, 4.69) is 0 Å². The molecule has 0 aliphatic carbocycles. The van der Waals surface area contributed by atoms with Crippen LogP contribution < -0.4 is 4.90 Å². The molecule has 0 aliphatic rings. The highest BCUT2D eigenvalue weighted by Gasteiger charge is 2.09. The fourth-order valence-corrected chi connectivity index (χ4v) is 2.54. The first-order valence-electron chi connectivity index (χ1n) is 6.33. The molecule has 108 valence electrons. The number of carboxylic acids is 1. The summed E-state index contributed by atoms with van der Waals surface area (Å²) in [6, 6.07) is 10.2. The topological polar surface area (TPSA) is 57.6 Å². The van der Waals surface area contributed by atoms with Gasteiger partial charge in [0.2, 0.25) is 0 Å². The molecule has 0 aliphatic heterocycles. The molecule has 0 saturated heterocycles. The van der Waals surface area contributed by atoms with Gasteiger partial charge >= 0.3 is 5.97 Å². The second-order valence-electron chi connectivity index (χ2n) is 4.53. The maximum absolute atomic E-state index is 12.1. The zero-order valence-electron chi connectivity index (χ0n) is 11.7. The molecule has 1 N–H and O–H groups in total. The number of thiophene rings is 1. The van der Waals surface area contributed by atoms with E-state index in [1.807, 2.05) is 19.1 Å². The molecule has 1 aromatic carbocycles. The molecule has 1 heterocycles. The number of hydrogen-bond donors (Lipinski definition) is 1. The highest BCUT2D eigenvalue weighted by atomic mass is 32.1. The molecule has 1 aromatic heterocycles. The van der Waals surface area contributed by atoms with Gasteiger partial charge in [0, 0.05) is 28.6 Å². The van der Waals surface area contributed by atoms with Crippen molar-refractivity contribution in [3.63, 3.8) is 0 Å². The molecule has 0 bridgehead atoms. The fourth-order valence-electron chi connectivity index (χ4n) is 1.76. The molecule has 0 radical (unpaired) electrons. The van der Waals surface area contributed by atoms with Crippen LogP contribution in [-0.4, -0.2) is 24.0 Å². The predicted octanol–water partition coefficient (Wildman–Crippen LogP) is 3.43. The standard InChI is InChI=1S/C16H15NO3S/c1-11-3-8-14(21-11)9-10-15(18)17(2)13-6-4-12(5-7-13)16(19)20/h3-10H,1-2H3,(H,19,20)/b10-9+. The van der Waals surface area contributed by atoms with E-state index in [-0.39, 0.29) is 11.5 Å². The summed E-state index contributed by atoms with van der Waals surface area (Å²) in [6.07, 6.45) is 3.29. The summed E-state index contributed by atoms with van der Waals surface area (Å²) in [7, 11) is 1.65. The molecule has 0 saturated carbocycles. The van der Waals surface area contributed by atoms with Crippen molar-refractivity contribution in [2.75, 3.05) is 11.9 Å². The lowest BCUT2D eigenvalue weighted by Gasteiger charge is -2.15. The van der Waals surface area contributed by atoms with Crippen LogP contribution in [0.25, 0.3) is 6.08 Å². The number of likely N-dealkylation sites (N-methyl/N-ethyl adjacent to an activating group) is 1. The fraction of sp³-hybridized carbons (Fsp3) is 0.125. The summed E-state index contributed by atoms with van der Waals surface area (Å²) in [6.45, 7) is 2.01. The molecule has 0 unspecified atom stereocenters. The summed E-state index contributed by atoms with van der Waals surface area (Å²) >= 11 is 1.62. The van der Waals surface area contributed by atoms with Crippen molar-refractivity contribution in [3.8, 4) is 0 Å². The highest BCUT2D eigenvalue weighted by molar-refractivity contribution is 7.12. The summed E-state index contributed by atoms with van der Waals surface area (Å²) in [4.78, 5) is 26.5. The van der Waals surface area contributed by atoms with E-state index in [0.29, 0.717) is 5.69 Å². The Labute approximate surface area is 127 Å². The number of aromatic carboxylic acids is 1. The van der Waals surface area contributed by atoms with Crippen LogP contribution in [0, 0.1) is 6.92 Å². The minimum Gasteiger partial charge on any atom is -0.478 e. The maximum Gasteiger partial charge on any atom is 0.335 e. The molecule has 5 heteroatoms. The summed E-state index contributed by atoms with van der Waals surface area (Å²) in [5.74, 6) is -1.15. The third-order valence-corrected chi connectivity index (χ3v) is 3.95. The van der Waals surface area contributed by atoms with Crippen LogP contribution in [-0.2, 0) is 4.79 Å². The van der Waals surface area contributed by atoms with Crippen LogP contribution in [0.15, 0.2) is 42.5 Å². The van der Waals surface area contributed by atoms with Crippen LogP contribution in [0.1, 0.15) is 20.1 Å². The number of aryl methyl sites for hydroxylation is 1. The second kappa shape index (κ2) is 6.37. The average molecular weight is 301 g/mol. The van der Waals surface area contributed by atoms with E-state index in [4.69, 9.17) is 5.11 Å². The minimum atomic E-state index is -0.983. The molecule has 1 amide bonds. The summed E-state index contributed by atoms with van der Waals surface area (Å²) in [5, 5.41) is 8.85. The Bertz CT molecular complexity index is 686. The number of hydrogen-bond acceptors (Lipinski definition) is 3. The van der Waals surface area contributed by atoms with Gasteiger partial charge in [-0.3, -0.25) is 4.79 Å². The Morgan fingerprint density at radius 1 is 1.14 bits per heavy atom. The monoisotopic (exact) mass is 301 g/mol. The molecule has 21 heavy (non-hydrogen) atoms. The SMILES string of the molecule is Cc1ccc(/C=C/C(=O)N(C)c2ccc(C(=O)O)cc2)s1. The van der Waals surface area contributed by atoms with E-state index in [0.717, 1.165) is 4.88 Å². The van der Waals surface area contributed by atoms with Crippen molar-refractivity contribution in [2.24, 2.45) is 0 Å². The van der Waals surface area contributed by atoms with Gasteiger partial charge in [0.25, 0.3) is 5.91 Å². The molecule has 0 atom stereocenters. The Morgan fingerprint density at radius 2 is 1.81 bits per heavy atom. The number of carbonyl (C=O) groups is 2. The van der Waals surface area contributed by atoms with Crippen LogP contribution in [0.3, 0.4) is 0 Å². The molecule has 2 rings (SSSR count). The van der Waals surface area contributed by atoms with Crippen molar-refractivity contribution < 1.29 is 14.7 Å². The van der Waals surface area contributed by atoms with Gasteiger partial charge in [-0.05, 0) is 49.4 Å². The summed E-state index contributed by atoms with van der Waals surface area (Å²) < 4.78 is 0. The average Bonchev–Trinajstić information content (AvgIpc) is 2.89. The first-order chi connectivity index (χ1) is 9.97. The number of nitrogens with zero attached hydrogens (tertiary/aromatic N) is 1. The van der Waals surface area contributed by atoms with Crippen LogP contribution >= 0.6 is 11.3 Å². The van der Waals surface area contributed by atoms with E-state index in [1.54, 1.807) is 36.6 Å². The molecule has 0 spiro atoms. The predicted molar refractivity (Wildman–Crippen MR) is 84.9 cm³/mol. The van der Waals surface area contributed by atoms with Gasteiger partial charge in [0.05, 0.1) is 5.56 Å². The number of benzene rings is 1. The molecule has 0 fully saturated rings. The molecular formula is C16H15NO3S. The quantitative estimate of drug-likeness (QED) is 0.880. The number of amides is 1. The van der Waals surface area contributed by atoms with E-state index >= 15 is 0 Å². The van der Waals surface area contributed by atoms with Crippen molar-refractivity contribution in [3.05, 3.63) is 57.8 Å². The van der Waals surface area contributed by atoms with Gasteiger partial charge in [0.1, 0.15) is 0 Å². The zero-order valence-corrected chi connectivity index (χ0v) is 12.6. The van der Waals surface area contributed by atoms with Gasteiger partial charge in [-0.15, -0.1) is 11.3 Å². The first kappa shape index (κ1) is 15.0. The number of carboxylic acid groups (broad SMARTS) is 1. The smallest absolute Gasteiger partial charge is 0.335 e. The normalized spacial score (nSPS) is 10.8. The van der Waals surface area contributed by atoms with Gasteiger partial charge in [-0.25, -0.2) is 4.79 Å². The van der Waals surface area contributed by atoms with Crippen molar-refractivity contribution in [1.29, 1.82) is 0 Å². The van der Waals surface area contributed by atoms with Crippen molar-refractivity contribution >= 4 is 35.0 Å². The first-order valence-corrected chi connectivity index (χ1v) is 7.14. The number of carbonyl (C=O) groups excluding carboxylic acids is 1. The molecule has 2 aromatic rings. The van der Waals surface area contributed by atoms with E-state index in [9.17, 15) is 9.59 Å². The molecular weight excluding hydrogens is 286 g/mol. The Morgan fingerprint density at radius 3 is 2.33 bits per heavy atom.